The smallest absolute Gasteiger partial charge is 0.239 e. The van der Waals surface area contributed by atoms with Crippen LogP contribution in [0.25, 0.3) is 0 Å². The number of hydrogen-bond donors (Lipinski definition) is 2. The first-order chi connectivity index (χ1) is 12.5. The normalized spacial score (nSPS) is 15.8. The van der Waals surface area contributed by atoms with Crippen molar-refractivity contribution in [3.63, 3.8) is 0 Å². The van der Waals surface area contributed by atoms with Crippen molar-refractivity contribution in [1.29, 1.82) is 0 Å². The predicted molar refractivity (Wildman–Crippen MR) is 95.6 cm³/mol. The molecule has 0 aliphatic carbocycles. The van der Waals surface area contributed by atoms with Crippen LogP contribution in [0.1, 0.15) is 25.5 Å². The molecule has 9 heteroatoms. The molecule has 2 N–H and O–H groups in total. The molecule has 26 heavy (non-hydrogen) atoms. The Balaban J connectivity index is 1.41. The van der Waals surface area contributed by atoms with E-state index < -0.39 is 0 Å². The first-order valence-electron chi connectivity index (χ1n) is 8.82. The van der Waals surface area contributed by atoms with Gasteiger partial charge in [0.25, 0.3) is 0 Å². The second kappa shape index (κ2) is 8.13. The van der Waals surface area contributed by atoms with Crippen molar-refractivity contribution in [3.05, 3.63) is 24.2 Å². The number of aryl methyl sites for hydroxylation is 2. The summed E-state index contributed by atoms with van der Waals surface area (Å²) in [5.41, 5.74) is 0.724. The van der Waals surface area contributed by atoms with Crippen LogP contribution in [0.15, 0.2) is 23.0 Å². The Morgan fingerprint density at radius 3 is 2.69 bits per heavy atom. The van der Waals surface area contributed by atoms with Crippen LogP contribution < -0.4 is 10.6 Å². The molecule has 0 spiro atoms. The quantitative estimate of drug-likeness (QED) is 0.808. The monoisotopic (exact) mass is 360 g/mol. The van der Waals surface area contributed by atoms with Gasteiger partial charge < -0.3 is 15.2 Å². The van der Waals surface area contributed by atoms with Gasteiger partial charge in [-0.2, -0.15) is 5.10 Å². The minimum Gasteiger partial charge on any atom is -0.360 e. The number of carbonyl (C=O) groups is 2. The predicted octanol–water partition coefficient (Wildman–Crippen LogP) is 1.49. The Bertz CT molecular complexity index is 760. The molecule has 2 aromatic heterocycles. The van der Waals surface area contributed by atoms with Crippen LogP contribution in [-0.2, 0) is 16.1 Å². The van der Waals surface area contributed by atoms with Gasteiger partial charge in [-0.1, -0.05) is 5.16 Å². The molecule has 3 heterocycles. The molecule has 1 fully saturated rings. The van der Waals surface area contributed by atoms with Gasteiger partial charge >= 0.3 is 0 Å². The summed E-state index contributed by atoms with van der Waals surface area (Å²) < 4.78 is 6.70. The summed E-state index contributed by atoms with van der Waals surface area (Å²) in [4.78, 5) is 26.5. The molecular weight excluding hydrogens is 336 g/mol. The molecule has 2 aromatic rings. The number of likely N-dealkylation sites (tertiary alicyclic amines) is 1. The molecular formula is C17H24N6O3. The Kier molecular flexibility index (Phi) is 5.67. The van der Waals surface area contributed by atoms with E-state index in [0.717, 1.165) is 25.1 Å². The van der Waals surface area contributed by atoms with E-state index in [9.17, 15) is 9.59 Å². The fraction of sp³-hybridized carbons (Fsp3) is 0.529. The average molecular weight is 360 g/mol. The van der Waals surface area contributed by atoms with E-state index in [1.165, 1.54) is 0 Å². The summed E-state index contributed by atoms with van der Waals surface area (Å²) >= 11 is 0. The highest BCUT2D eigenvalue weighted by molar-refractivity contribution is 5.92. The van der Waals surface area contributed by atoms with E-state index in [1.54, 1.807) is 23.9 Å². The van der Waals surface area contributed by atoms with Gasteiger partial charge in [-0.05, 0) is 39.8 Å². The summed E-state index contributed by atoms with van der Waals surface area (Å²) in [6.45, 7) is 6.23. The molecule has 3 rings (SSSR count). The zero-order chi connectivity index (χ0) is 18.5. The molecule has 0 unspecified atom stereocenters. The molecule has 9 nitrogen and oxygen atoms in total. The van der Waals surface area contributed by atoms with Gasteiger partial charge in [-0.15, -0.1) is 0 Å². The van der Waals surface area contributed by atoms with Crippen molar-refractivity contribution in [3.8, 4) is 0 Å². The lowest BCUT2D eigenvalue weighted by molar-refractivity contribution is -0.121. The molecule has 2 amide bonds. The summed E-state index contributed by atoms with van der Waals surface area (Å²) in [5.74, 6) is 0.916. The highest BCUT2D eigenvalue weighted by Crippen LogP contribution is 2.19. The van der Waals surface area contributed by atoms with E-state index >= 15 is 0 Å². The van der Waals surface area contributed by atoms with Gasteiger partial charge in [0.2, 0.25) is 11.8 Å². The van der Waals surface area contributed by atoms with Gasteiger partial charge in [-0.25, -0.2) is 0 Å². The molecule has 0 saturated carbocycles. The van der Waals surface area contributed by atoms with Crippen molar-refractivity contribution in [2.45, 2.75) is 33.2 Å². The molecule has 1 saturated heterocycles. The van der Waals surface area contributed by atoms with Crippen molar-refractivity contribution in [2.24, 2.45) is 5.92 Å². The van der Waals surface area contributed by atoms with E-state index in [1.807, 2.05) is 18.0 Å². The fourth-order valence-corrected chi connectivity index (χ4v) is 3.01. The number of rotatable bonds is 6. The van der Waals surface area contributed by atoms with Gasteiger partial charge in [0, 0.05) is 24.7 Å². The third kappa shape index (κ3) is 4.69. The lowest BCUT2D eigenvalue weighted by Gasteiger charge is -2.30. The van der Waals surface area contributed by atoms with Gasteiger partial charge in [0.1, 0.15) is 5.76 Å². The number of hydrogen-bond acceptors (Lipinski definition) is 6. The van der Waals surface area contributed by atoms with Crippen LogP contribution in [0.2, 0.25) is 0 Å². The first kappa shape index (κ1) is 18.1. The van der Waals surface area contributed by atoms with E-state index in [4.69, 9.17) is 4.52 Å². The SMILES string of the molecule is CCn1cc(NC(=O)C2CCN(CC(=O)Nc3cc(C)on3)CC2)cn1. The Labute approximate surface area is 151 Å². The molecule has 0 atom stereocenters. The van der Waals surface area contributed by atoms with Gasteiger partial charge in [-0.3, -0.25) is 19.2 Å². The molecule has 1 aliphatic rings. The highest BCUT2D eigenvalue weighted by atomic mass is 16.5. The molecule has 0 bridgehead atoms. The fourth-order valence-electron chi connectivity index (χ4n) is 3.01. The van der Waals surface area contributed by atoms with Crippen LogP contribution in [0, 0.1) is 12.8 Å². The van der Waals surface area contributed by atoms with Crippen LogP contribution in [0.4, 0.5) is 11.5 Å². The number of amides is 2. The Hall–Kier alpha value is -2.68. The van der Waals surface area contributed by atoms with Crippen LogP contribution in [-0.4, -0.2) is 51.3 Å². The number of anilines is 2. The van der Waals surface area contributed by atoms with Crippen molar-refractivity contribution in [1.82, 2.24) is 19.8 Å². The van der Waals surface area contributed by atoms with Crippen LogP contribution >= 0.6 is 0 Å². The second-order valence-electron chi connectivity index (χ2n) is 6.50. The lowest BCUT2D eigenvalue weighted by atomic mass is 9.96. The maximum absolute atomic E-state index is 12.4. The standard InChI is InChI=1S/C17H24N6O3/c1-3-23-10-14(9-18-23)19-17(25)13-4-6-22(7-5-13)11-16(24)20-15-8-12(2)26-21-15/h8-10,13H,3-7,11H2,1-2H3,(H,19,25)(H,20,21,24). The number of carbonyl (C=O) groups excluding carboxylic acids is 2. The Morgan fingerprint density at radius 1 is 1.31 bits per heavy atom. The van der Waals surface area contributed by atoms with Crippen molar-refractivity contribution < 1.29 is 14.1 Å². The third-order valence-corrected chi connectivity index (χ3v) is 4.45. The number of nitrogens with zero attached hydrogens (tertiary/aromatic N) is 4. The molecule has 140 valence electrons. The van der Waals surface area contributed by atoms with Crippen molar-refractivity contribution in [2.75, 3.05) is 30.3 Å². The second-order valence-corrected chi connectivity index (χ2v) is 6.50. The maximum Gasteiger partial charge on any atom is 0.239 e. The van der Waals surface area contributed by atoms with Crippen LogP contribution in [0.5, 0.6) is 0 Å². The summed E-state index contributed by atoms with van der Waals surface area (Å²) in [6.07, 6.45) is 4.93. The average Bonchev–Trinajstić information content (AvgIpc) is 3.24. The maximum atomic E-state index is 12.4. The summed E-state index contributed by atoms with van der Waals surface area (Å²) in [5, 5.41) is 13.5. The van der Waals surface area contributed by atoms with Crippen molar-refractivity contribution >= 4 is 23.3 Å². The zero-order valence-electron chi connectivity index (χ0n) is 15.1. The minimum atomic E-state index is -0.131. The number of aromatic nitrogens is 3. The lowest BCUT2D eigenvalue weighted by Crippen LogP contribution is -2.41. The third-order valence-electron chi connectivity index (χ3n) is 4.45. The summed E-state index contributed by atoms with van der Waals surface area (Å²) in [6, 6.07) is 1.68. The first-order valence-corrected chi connectivity index (χ1v) is 8.82. The van der Waals surface area contributed by atoms with Crippen LogP contribution in [0.3, 0.4) is 0 Å². The van der Waals surface area contributed by atoms with Gasteiger partial charge in [0.05, 0.1) is 18.4 Å². The number of piperidine rings is 1. The largest absolute Gasteiger partial charge is 0.360 e. The minimum absolute atomic E-state index is 0.0165. The topological polar surface area (TPSA) is 105 Å². The van der Waals surface area contributed by atoms with Gasteiger partial charge in [0.15, 0.2) is 5.82 Å². The number of nitrogens with one attached hydrogen (secondary N) is 2. The van der Waals surface area contributed by atoms with E-state index in [2.05, 4.69) is 20.9 Å². The Morgan fingerprint density at radius 2 is 2.08 bits per heavy atom. The van der Waals surface area contributed by atoms with E-state index in [-0.39, 0.29) is 24.3 Å². The molecule has 0 radical (unpaired) electrons. The molecule has 0 aromatic carbocycles. The van der Waals surface area contributed by atoms with E-state index in [0.29, 0.717) is 24.7 Å². The molecule has 1 aliphatic heterocycles. The zero-order valence-corrected chi connectivity index (χ0v) is 15.1. The highest BCUT2D eigenvalue weighted by Gasteiger charge is 2.26. The summed E-state index contributed by atoms with van der Waals surface area (Å²) in [7, 11) is 0.